The second-order valence-corrected chi connectivity index (χ2v) is 4.52. The van der Waals surface area contributed by atoms with Gasteiger partial charge in [0.25, 0.3) is 0 Å². The SMILES string of the molecule is COc1ccc(OC)c(NCC(O)c2cccc(F)c2)c1. The molecule has 0 saturated carbocycles. The lowest BCUT2D eigenvalue weighted by Crippen LogP contribution is -2.13. The molecule has 112 valence electrons. The standard InChI is InChI=1S/C16H18FNO3/c1-20-13-6-7-16(21-2)14(9-13)18-10-15(19)11-4-3-5-12(17)8-11/h3-9,15,18-19H,10H2,1-2H3. The number of halogens is 1. The number of benzene rings is 2. The Hall–Kier alpha value is -2.27. The van der Waals surface area contributed by atoms with Crippen molar-refractivity contribution in [2.45, 2.75) is 6.10 Å². The van der Waals surface area contributed by atoms with Crippen LogP contribution in [0.4, 0.5) is 10.1 Å². The topological polar surface area (TPSA) is 50.7 Å². The predicted octanol–water partition coefficient (Wildman–Crippen LogP) is 2.99. The molecule has 0 amide bonds. The number of aliphatic hydroxyl groups is 1. The average molecular weight is 291 g/mol. The summed E-state index contributed by atoms with van der Waals surface area (Å²) < 4.78 is 23.5. The Kier molecular flexibility index (Phi) is 5.00. The van der Waals surface area contributed by atoms with Crippen LogP contribution in [0.3, 0.4) is 0 Å². The molecule has 2 aromatic carbocycles. The van der Waals surface area contributed by atoms with Crippen molar-refractivity contribution in [3.63, 3.8) is 0 Å². The van der Waals surface area contributed by atoms with Gasteiger partial charge in [-0.3, -0.25) is 0 Å². The maximum absolute atomic E-state index is 13.1. The summed E-state index contributed by atoms with van der Waals surface area (Å²) in [6, 6.07) is 11.2. The predicted molar refractivity (Wildman–Crippen MR) is 79.4 cm³/mol. The van der Waals surface area contributed by atoms with Crippen molar-refractivity contribution in [2.24, 2.45) is 0 Å². The van der Waals surface area contributed by atoms with Gasteiger partial charge >= 0.3 is 0 Å². The highest BCUT2D eigenvalue weighted by atomic mass is 19.1. The summed E-state index contributed by atoms with van der Waals surface area (Å²) in [5, 5.41) is 13.2. The van der Waals surface area contributed by atoms with Crippen LogP contribution in [-0.4, -0.2) is 25.9 Å². The highest BCUT2D eigenvalue weighted by Gasteiger charge is 2.10. The zero-order chi connectivity index (χ0) is 15.2. The highest BCUT2D eigenvalue weighted by molar-refractivity contribution is 5.59. The molecule has 1 unspecified atom stereocenters. The molecule has 4 nitrogen and oxygen atoms in total. The average Bonchev–Trinajstić information content (AvgIpc) is 2.52. The molecule has 0 spiro atoms. The number of anilines is 1. The first-order valence-corrected chi connectivity index (χ1v) is 6.53. The third-order valence-electron chi connectivity index (χ3n) is 3.13. The molecule has 0 radical (unpaired) electrons. The Bertz CT molecular complexity index is 604. The van der Waals surface area contributed by atoms with Gasteiger partial charge < -0.3 is 19.9 Å². The number of aliphatic hydroxyl groups excluding tert-OH is 1. The lowest BCUT2D eigenvalue weighted by atomic mass is 10.1. The Morgan fingerprint density at radius 3 is 2.62 bits per heavy atom. The van der Waals surface area contributed by atoms with Crippen molar-refractivity contribution in [3.05, 3.63) is 53.8 Å². The minimum absolute atomic E-state index is 0.229. The van der Waals surface area contributed by atoms with Gasteiger partial charge in [0.05, 0.1) is 26.0 Å². The Labute approximate surface area is 123 Å². The van der Waals surface area contributed by atoms with Crippen LogP contribution < -0.4 is 14.8 Å². The van der Waals surface area contributed by atoms with E-state index in [-0.39, 0.29) is 12.4 Å². The van der Waals surface area contributed by atoms with E-state index in [2.05, 4.69) is 5.32 Å². The molecule has 0 heterocycles. The van der Waals surface area contributed by atoms with Crippen molar-refractivity contribution in [2.75, 3.05) is 26.1 Å². The van der Waals surface area contributed by atoms with Crippen LogP contribution in [0.1, 0.15) is 11.7 Å². The molecule has 1 atom stereocenters. The van der Waals surface area contributed by atoms with Crippen molar-refractivity contribution < 1.29 is 19.0 Å². The molecule has 2 N–H and O–H groups in total. The fraction of sp³-hybridized carbons (Fsp3) is 0.250. The van der Waals surface area contributed by atoms with Gasteiger partial charge in [0.2, 0.25) is 0 Å². The van der Waals surface area contributed by atoms with Crippen LogP contribution in [0.2, 0.25) is 0 Å². The zero-order valence-electron chi connectivity index (χ0n) is 12.0. The number of methoxy groups -OCH3 is 2. The first-order valence-electron chi connectivity index (χ1n) is 6.53. The number of hydrogen-bond acceptors (Lipinski definition) is 4. The summed E-state index contributed by atoms with van der Waals surface area (Å²) in [4.78, 5) is 0. The maximum atomic E-state index is 13.1. The monoisotopic (exact) mass is 291 g/mol. The molecule has 0 fully saturated rings. The van der Waals surface area contributed by atoms with E-state index in [1.165, 1.54) is 12.1 Å². The third kappa shape index (κ3) is 3.86. The molecule has 21 heavy (non-hydrogen) atoms. The third-order valence-corrected chi connectivity index (χ3v) is 3.13. The van der Waals surface area contributed by atoms with Gasteiger partial charge in [-0.15, -0.1) is 0 Å². The number of ether oxygens (including phenoxy) is 2. The van der Waals surface area contributed by atoms with Gasteiger partial charge in [0.1, 0.15) is 17.3 Å². The fourth-order valence-corrected chi connectivity index (χ4v) is 1.99. The van der Waals surface area contributed by atoms with Crippen molar-refractivity contribution in [1.29, 1.82) is 0 Å². The highest BCUT2D eigenvalue weighted by Crippen LogP contribution is 2.29. The van der Waals surface area contributed by atoms with Crippen LogP contribution in [-0.2, 0) is 0 Å². The van der Waals surface area contributed by atoms with E-state index >= 15 is 0 Å². The molecule has 0 aliphatic carbocycles. The Morgan fingerprint density at radius 2 is 1.95 bits per heavy atom. The summed E-state index contributed by atoms with van der Waals surface area (Å²) in [5.41, 5.74) is 1.22. The van der Waals surface area contributed by atoms with Gasteiger partial charge in [0, 0.05) is 12.6 Å². The Balaban J connectivity index is 2.08. The van der Waals surface area contributed by atoms with Gasteiger partial charge in [-0.25, -0.2) is 4.39 Å². The van der Waals surface area contributed by atoms with E-state index in [1.54, 1.807) is 44.6 Å². The largest absolute Gasteiger partial charge is 0.497 e. The van der Waals surface area contributed by atoms with Gasteiger partial charge in [-0.2, -0.15) is 0 Å². The summed E-state index contributed by atoms with van der Waals surface area (Å²) in [7, 11) is 3.14. The summed E-state index contributed by atoms with van der Waals surface area (Å²) in [6.07, 6.45) is -0.823. The molecule has 0 aliphatic rings. The summed E-state index contributed by atoms with van der Waals surface area (Å²) >= 11 is 0. The minimum atomic E-state index is -0.823. The van der Waals surface area contributed by atoms with E-state index in [0.29, 0.717) is 22.7 Å². The van der Waals surface area contributed by atoms with Gasteiger partial charge in [-0.05, 0) is 29.8 Å². The van der Waals surface area contributed by atoms with E-state index in [4.69, 9.17) is 9.47 Å². The van der Waals surface area contributed by atoms with Crippen LogP contribution in [0.25, 0.3) is 0 Å². The van der Waals surface area contributed by atoms with E-state index in [9.17, 15) is 9.50 Å². The molecule has 0 saturated heterocycles. The lowest BCUT2D eigenvalue weighted by molar-refractivity contribution is 0.191. The van der Waals surface area contributed by atoms with Crippen molar-refractivity contribution in [1.82, 2.24) is 0 Å². The molecule has 0 aliphatic heterocycles. The fourth-order valence-electron chi connectivity index (χ4n) is 1.99. The van der Waals surface area contributed by atoms with Crippen molar-refractivity contribution >= 4 is 5.69 Å². The first-order chi connectivity index (χ1) is 10.1. The van der Waals surface area contributed by atoms with Crippen molar-refractivity contribution in [3.8, 4) is 11.5 Å². The quantitative estimate of drug-likeness (QED) is 0.859. The first kappa shape index (κ1) is 15.1. The maximum Gasteiger partial charge on any atom is 0.142 e. The molecular weight excluding hydrogens is 273 g/mol. The zero-order valence-corrected chi connectivity index (χ0v) is 12.0. The molecule has 0 bridgehead atoms. The summed E-state index contributed by atoms with van der Waals surface area (Å²) in [5.74, 6) is 0.950. The number of hydrogen-bond donors (Lipinski definition) is 2. The van der Waals surface area contributed by atoms with E-state index in [0.717, 1.165) is 0 Å². The second-order valence-electron chi connectivity index (χ2n) is 4.52. The van der Waals surface area contributed by atoms with E-state index in [1.807, 2.05) is 0 Å². The van der Waals surface area contributed by atoms with E-state index < -0.39 is 6.10 Å². The van der Waals surface area contributed by atoms with Crippen LogP contribution >= 0.6 is 0 Å². The van der Waals surface area contributed by atoms with Gasteiger partial charge in [-0.1, -0.05) is 12.1 Å². The lowest BCUT2D eigenvalue weighted by Gasteiger charge is -2.16. The Morgan fingerprint density at radius 1 is 1.14 bits per heavy atom. The normalized spacial score (nSPS) is 11.8. The van der Waals surface area contributed by atoms with Crippen LogP contribution in [0.5, 0.6) is 11.5 Å². The van der Waals surface area contributed by atoms with Crippen LogP contribution in [0, 0.1) is 5.82 Å². The molecule has 2 aromatic rings. The molecular formula is C16H18FNO3. The molecule has 0 aromatic heterocycles. The second kappa shape index (κ2) is 6.95. The smallest absolute Gasteiger partial charge is 0.142 e. The minimum Gasteiger partial charge on any atom is -0.497 e. The number of rotatable bonds is 6. The number of nitrogens with one attached hydrogen (secondary N) is 1. The van der Waals surface area contributed by atoms with Gasteiger partial charge in [0.15, 0.2) is 0 Å². The summed E-state index contributed by atoms with van der Waals surface area (Å²) in [6.45, 7) is 0.229. The molecule has 2 rings (SSSR count). The molecule has 5 heteroatoms. The van der Waals surface area contributed by atoms with Crippen LogP contribution in [0.15, 0.2) is 42.5 Å².